The maximum atomic E-state index is 11.9. The molecule has 1 amide bonds. The lowest BCUT2D eigenvalue weighted by Crippen LogP contribution is -2.38. The van der Waals surface area contributed by atoms with Gasteiger partial charge in [0.2, 0.25) is 5.91 Å². The van der Waals surface area contributed by atoms with Crippen LogP contribution in [0.4, 0.5) is 0 Å². The van der Waals surface area contributed by atoms with Gasteiger partial charge in [0.25, 0.3) is 0 Å². The topological polar surface area (TPSA) is 81.6 Å². The summed E-state index contributed by atoms with van der Waals surface area (Å²) in [5.41, 5.74) is 0. The Bertz CT molecular complexity index is 413. The van der Waals surface area contributed by atoms with E-state index in [4.69, 9.17) is 5.11 Å². The third-order valence-corrected chi connectivity index (χ3v) is 5.65. The molecule has 2 unspecified atom stereocenters. The highest BCUT2D eigenvalue weighted by molar-refractivity contribution is 5.75. The van der Waals surface area contributed by atoms with E-state index in [0.717, 1.165) is 12.8 Å². The largest absolute Gasteiger partial charge is 0.396 e. The maximum Gasteiger partial charge on any atom is 0.220 e. The fourth-order valence-electron chi connectivity index (χ4n) is 3.79. The Morgan fingerprint density at radius 2 is 1.45 bits per heavy atom. The lowest BCUT2D eigenvalue weighted by molar-refractivity contribution is -0.121. The number of hydrogen-bond acceptors (Lipinski definition) is 4. The highest BCUT2D eigenvalue weighted by atomic mass is 16.3. The number of allylic oxidation sites excluding steroid dienone is 2. The molecule has 0 aliphatic rings. The van der Waals surface area contributed by atoms with E-state index in [2.05, 4.69) is 29.7 Å². The summed E-state index contributed by atoms with van der Waals surface area (Å²) >= 11 is 0. The molecule has 5 heteroatoms. The molecule has 2 atom stereocenters. The van der Waals surface area contributed by atoms with E-state index in [-0.39, 0.29) is 24.7 Å². The van der Waals surface area contributed by atoms with Gasteiger partial charge in [-0.05, 0) is 51.9 Å². The van der Waals surface area contributed by atoms with Crippen molar-refractivity contribution in [2.45, 2.75) is 129 Å². The zero-order valence-electron chi connectivity index (χ0n) is 20.5. The molecule has 0 aromatic carbocycles. The van der Waals surface area contributed by atoms with Gasteiger partial charge in [0, 0.05) is 32.2 Å². The third-order valence-electron chi connectivity index (χ3n) is 5.65. The zero-order chi connectivity index (χ0) is 23.0. The van der Waals surface area contributed by atoms with Crippen molar-refractivity contribution < 1.29 is 15.0 Å². The minimum Gasteiger partial charge on any atom is -0.396 e. The first-order valence-electron chi connectivity index (χ1n) is 13.0. The van der Waals surface area contributed by atoms with Gasteiger partial charge in [-0.1, -0.05) is 70.4 Å². The number of carbonyl (C=O) groups excluding carboxylic acids is 1. The molecule has 0 aliphatic carbocycles. The second-order valence-electron chi connectivity index (χ2n) is 8.93. The fourth-order valence-corrected chi connectivity index (χ4v) is 3.79. The van der Waals surface area contributed by atoms with E-state index in [1.165, 1.54) is 70.6 Å². The van der Waals surface area contributed by atoms with Crippen LogP contribution < -0.4 is 10.6 Å². The molecule has 0 fully saturated rings. The highest BCUT2D eigenvalue weighted by Crippen LogP contribution is 2.10. The minimum atomic E-state index is -0.389. The maximum absolute atomic E-state index is 11.9. The summed E-state index contributed by atoms with van der Waals surface area (Å²) in [5.74, 6) is 0.119. The monoisotopic (exact) mass is 440 g/mol. The molecular formula is C26H52N2O3. The van der Waals surface area contributed by atoms with Gasteiger partial charge in [0.05, 0.1) is 6.10 Å². The molecule has 0 radical (unpaired) electrons. The van der Waals surface area contributed by atoms with Crippen LogP contribution in [0.2, 0.25) is 0 Å². The van der Waals surface area contributed by atoms with Crippen molar-refractivity contribution in [2.75, 3.05) is 19.7 Å². The molecule has 0 heterocycles. The number of hydrogen-bond donors (Lipinski definition) is 4. The van der Waals surface area contributed by atoms with Crippen LogP contribution in [0, 0.1) is 0 Å². The van der Waals surface area contributed by atoms with Crippen LogP contribution in [0.3, 0.4) is 0 Å². The van der Waals surface area contributed by atoms with Crippen molar-refractivity contribution >= 4 is 5.91 Å². The SMILES string of the molecule is CCCCCCCC/C=C/CCCCCCCC(=O)NCCNC(CCO)CC(C)O. The van der Waals surface area contributed by atoms with Gasteiger partial charge in [-0.15, -0.1) is 0 Å². The Morgan fingerprint density at radius 3 is 2.03 bits per heavy atom. The van der Waals surface area contributed by atoms with Crippen molar-refractivity contribution in [2.24, 2.45) is 0 Å². The molecule has 0 aliphatic heterocycles. The molecule has 0 rings (SSSR count). The van der Waals surface area contributed by atoms with Gasteiger partial charge >= 0.3 is 0 Å². The quantitative estimate of drug-likeness (QED) is 0.129. The first-order chi connectivity index (χ1) is 15.1. The number of rotatable bonds is 23. The smallest absolute Gasteiger partial charge is 0.220 e. The van der Waals surface area contributed by atoms with Gasteiger partial charge in [-0.2, -0.15) is 0 Å². The van der Waals surface area contributed by atoms with Crippen molar-refractivity contribution in [3.8, 4) is 0 Å². The van der Waals surface area contributed by atoms with E-state index in [1.807, 2.05) is 0 Å². The fraction of sp³-hybridized carbons (Fsp3) is 0.885. The predicted molar refractivity (Wildman–Crippen MR) is 132 cm³/mol. The van der Waals surface area contributed by atoms with Crippen molar-refractivity contribution in [3.63, 3.8) is 0 Å². The molecule has 0 bridgehead atoms. The van der Waals surface area contributed by atoms with Crippen LogP contribution in [0.25, 0.3) is 0 Å². The Labute approximate surface area is 192 Å². The molecule has 0 saturated heterocycles. The van der Waals surface area contributed by atoms with Crippen molar-refractivity contribution in [3.05, 3.63) is 12.2 Å². The van der Waals surface area contributed by atoms with Crippen LogP contribution in [0.15, 0.2) is 12.2 Å². The number of carbonyl (C=O) groups is 1. The first kappa shape index (κ1) is 30.1. The molecule has 0 aromatic rings. The van der Waals surface area contributed by atoms with Crippen LogP contribution in [-0.4, -0.2) is 48.0 Å². The van der Waals surface area contributed by atoms with Crippen molar-refractivity contribution in [1.29, 1.82) is 0 Å². The Kier molecular flexibility index (Phi) is 23.0. The number of amides is 1. The molecule has 0 aromatic heterocycles. The Balaban J connectivity index is 3.41. The highest BCUT2D eigenvalue weighted by Gasteiger charge is 2.10. The van der Waals surface area contributed by atoms with E-state index >= 15 is 0 Å². The Morgan fingerprint density at radius 1 is 0.871 bits per heavy atom. The van der Waals surface area contributed by atoms with Crippen LogP contribution in [0.1, 0.15) is 117 Å². The molecule has 5 nitrogen and oxygen atoms in total. The summed E-state index contributed by atoms with van der Waals surface area (Å²) in [6, 6.07) is 0.0901. The summed E-state index contributed by atoms with van der Waals surface area (Å²) in [6.45, 7) is 5.37. The lowest BCUT2D eigenvalue weighted by Gasteiger charge is -2.19. The molecular weight excluding hydrogens is 388 g/mol. The van der Waals surface area contributed by atoms with E-state index in [9.17, 15) is 9.90 Å². The number of nitrogens with one attached hydrogen (secondary N) is 2. The van der Waals surface area contributed by atoms with E-state index in [1.54, 1.807) is 6.92 Å². The Hall–Kier alpha value is -0.910. The minimum absolute atomic E-state index is 0.0901. The van der Waals surface area contributed by atoms with Gasteiger partial charge in [-0.3, -0.25) is 4.79 Å². The van der Waals surface area contributed by atoms with E-state index in [0.29, 0.717) is 32.4 Å². The van der Waals surface area contributed by atoms with Gasteiger partial charge < -0.3 is 20.8 Å². The average molecular weight is 441 g/mol. The summed E-state index contributed by atoms with van der Waals surface area (Å²) in [5, 5.41) is 24.8. The van der Waals surface area contributed by atoms with Gasteiger partial charge in [-0.25, -0.2) is 0 Å². The number of aliphatic hydroxyl groups excluding tert-OH is 2. The predicted octanol–water partition coefficient (Wildman–Crippen LogP) is 5.25. The van der Waals surface area contributed by atoms with Crippen molar-refractivity contribution in [1.82, 2.24) is 10.6 Å². The molecule has 0 spiro atoms. The number of aliphatic hydroxyl groups is 2. The summed E-state index contributed by atoms with van der Waals surface area (Å²) < 4.78 is 0. The van der Waals surface area contributed by atoms with Crippen LogP contribution in [-0.2, 0) is 4.79 Å². The van der Waals surface area contributed by atoms with Gasteiger partial charge in [0.1, 0.15) is 0 Å². The normalized spacial score (nSPS) is 13.5. The first-order valence-corrected chi connectivity index (χ1v) is 13.0. The molecule has 4 N–H and O–H groups in total. The third kappa shape index (κ3) is 23.6. The summed E-state index contributed by atoms with van der Waals surface area (Å²) in [4.78, 5) is 11.9. The van der Waals surface area contributed by atoms with Gasteiger partial charge in [0.15, 0.2) is 0 Å². The second-order valence-corrected chi connectivity index (χ2v) is 8.93. The molecule has 0 saturated carbocycles. The zero-order valence-corrected chi connectivity index (χ0v) is 20.5. The molecule has 31 heavy (non-hydrogen) atoms. The average Bonchev–Trinajstić information content (AvgIpc) is 2.73. The van der Waals surface area contributed by atoms with E-state index < -0.39 is 0 Å². The second kappa shape index (κ2) is 23.7. The lowest BCUT2D eigenvalue weighted by atomic mass is 10.1. The van der Waals surface area contributed by atoms with Crippen LogP contribution >= 0.6 is 0 Å². The summed E-state index contributed by atoms with van der Waals surface area (Å²) in [6.07, 6.45) is 22.6. The molecule has 184 valence electrons. The standard InChI is InChI=1S/C26H52N2O3/c1-3-4-5-6-7-8-9-10-11-12-13-14-15-16-17-18-26(31)28-21-20-27-25(19-22-29)23-24(2)30/h10-11,24-25,27,29-30H,3-9,12-23H2,1-2H3,(H,28,31)/b11-10+. The summed E-state index contributed by atoms with van der Waals surface area (Å²) in [7, 11) is 0. The van der Waals surface area contributed by atoms with Crippen LogP contribution in [0.5, 0.6) is 0 Å². The number of unbranched alkanes of at least 4 members (excludes halogenated alkanes) is 11.